The Labute approximate surface area is 691 Å². The molecule has 0 spiro atoms. The van der Waals surface area contributed by atoms with Gasteiger partial charge in [-0.05, 0) is 185 Å². The van der Waals surface area contributed by atoms with Crippen LogP contribution in [-0.4, -0.2) is 139 Å². The molecule has 120 heavy (non-hydrogen) atoms. The van der Waals surface area contributed by atoms with Crippen molar-refractivity contribution in [1.82, 2.24) is 103 Å². The van der Waals surface area contributed by atoms with Crippen LogP contribution in [0.5, 0.6) is 0 Å². The summed E-state index contributed by atoms with van der Waals surface area (Å²) in [7, 11) is 2.13. The Balaban J connectivity index is 0.000000134. The molecule has 0 radical (unpaired) electrons. The average molecular weight is 1610 g/mol. The lowest BCUT2D eigenvalue weighted by molar-refractivity contribution is 0.0930. The first-order chi connectivity index (χ1) is 58.3. The molecular weight excluding hydrogens is 1530 g/mol. The number of nitrogens with one attached hydrogen (secondary N) is 3. The van der Waals surface area contributed by atoms with Gasteiger partial charge < -0.3 is 25.6 Å². The SMILES string of the molecule is Cc1nn2cccnc2c1C(=O)N[C@@H](C)c1nc2cccc(C#CC3CCN(C)CC3)c2c(=O)n1-c1ccccc1.Cc1nn2cccnc2c1C(=O)N[C@@H](C)c1nc2cccc(C#CC3CCOC3)c2c(=O)n1-c1ccccc1.Cc1nnc(C#Cc2cccc3nc([C@H](C)NC(=O)c4c(C)nn5cccnc45)n(-c4ccccc4)c(=O)c23)s1. The molecule has 29 heteroatoms. The maximum atomic E-state index is 14.2. The Morgan fingerprint density at radius 1 is 0.442 bits per heavy atom. The van der Waals surface area contributed by atoms with Gasteiger partial charge in [-0.25, -0.2) is 43.5 Å². The topological polar surface area (TPSA) is 321 Å². The molecule has 596 valence electrons. The fourth-order valence-electron chi connectivity index (χ4n) is 14.8. The molecule has 16 aromatic rings. The van der Waals surface area contributed by atoms with Gasteiger partial charge in [0.1, 0.15) is 39.2 Å². The number of rotatable bonds is 12. The van der Waals surface area contributed by atoms with Crippen molar-refractivity contribution < 1.29 is 19.1 Å². The predicted molar refractivity (Wildman–Crippen MR) is 456 cm³/mol. The van der Waals surface area contributed by atoms with E-state index in [0.717, 1.165) is 37.4 Å². The first kappa shape index (κ1) is 79.0. The van der Waals surface area contributed by atoms with Crippen LogP contribution in [0, 0.1) is 75.1 Å². The zero-order chi connectivity index (χ0) is 83.2. The highest BCUT2D eigenvalue weighted by atomic mass is 32.1. The van der Waals surface area contributed by atoms with E-state index in [-0.39, 0.29) is 40.3 Å². The largest absolute Gasteiger partial charge is 0.380 e. The van der Waals surface area contributed by atoms with E-state index in [4.69, 9.17) is 19.7 Å². The van der Waals surface area contributed by atoms with Crippen molar-refractivity contribution in [2.75, 3.05) is 33.4 Å². The minimum atomic E-state index is -0.637. The smallest absolute Gasteiger partial charge is 0.267 e. The highest BCUT2D eigenvalue weighted by Crippen LogP contribution is 2.28. The number of likely N-dealkylation sites (tertiary alicyclic amines) is 1. The summed E-state index contributed by atoms with van der Waals surface area (Å²) in [5.41, 5.74) is 8.70. The van der Waals surface area contributed by atoms with Crippen molar-refractivity contribution in [2.45, 2.75) is 85.9 Å². The van der Waals surface area contributed by atoms with E-state index in [2.05, 4.69) is 104 Å². The molecular formula is C91H79N21O7S. The molecule has 1 unspecified atom stereocenters. The number of aryl methyl sites for hydroxylation is 4. The summed E-state index contributed by atoms with van der Waals surface area (Å²) in [5.74, 6) is 19.9. The Bertz CT molecular complexity index is 7070. The number of para-hydroxylation sites is 3. The molecule has 2 aliphatic rings. The third kappa shape index (κ3) is 16.3. The average Bonchev–Trinajstić information content (AvgIpc) is 1.74. The number of hydrogen-bond acceptors (Lipinski definition) is 20. The van der Waals surface area contributed by atoms with Gasteiger partial charge in [0.2, 0.25) is 0 Å². The maximum Gasteiger partial charge on any atom is 0.267 e. The monoisotopic (exact) mass is 1610 g/mol. The minimum absolute atomic E-state index is 0.150. The molecule has 2 aliphatic heterocycles. The predicted octanol–water partition coefficient (Wildman–Crippen LogP) is 11.3. The summed E-state index contributed by atoms with van der Waals surface area (Å²) in [6, 6.07) is 47.7. The molecule has 0 bridgehead atoms. The van der Waals surface area contributed by atoms with Crippen molar-refractivity contribution >= 4 is 78.7 Å². The number of aromatic nitrogens is 17. The van der Waals surface area contributed by atoms with Crippen molar-refractivity contribution in [3.63, 3.8) is 0 Å². The van der Waals surface area contributed by atoms with Crippen molar-refractivity contribution in [3.05, 3.63) is 310 Å². The fraction of sp³-hybridized carbons (Fsp3) is 0.220. The fourth-order valence-corrected chi connectivity index (χ4v) is 15.4. The van der Waals surface area contributed by atoms with Crippen LogP contribution < -0.4 is 32.6 Å². The summed E-state index contributed by atoms with van der Waals surface area (Å²) >= 11 is 1.38. The molecule has 0 saturated carbocycles. The number of fused-ring (bicyclic) bond motifs is 6. The van der Waals surface area contributed by atoms with Gasteiger partial charge in [-0.15, -0.1) is 10.2 Å². The summed E-state index contributed by atoms with van der Waals surface area (Å²) in [4.78, 5) is 113. The number of amides is 3. The van der Waals surface area contributed by atoms with Crippen molar-refractivity contribution in [2.24, 2.45) is 11.8 Å². The van der Waals surface area contributed by atoms with Crippen LogP contribution in [0.15, 0.2) is 215 Å². The van der Waals surface area contributed by atoms with Gasteiger partial charge in [-0.1, -0.05) is 114 Å². The number of nitrogens with zero attached hydrogens (tertiary/aromatic N) is 18. The first-order valence-electron chi connectivity index (χ1n) is 39.1. The Morgan fingerprint density at radius 3 is 1.16 bits per heavy atom. The zero-order valence-electron chi connectivity index (χ0n) is 66.7. The van der Waals surface area contributed by atoms with E-state index in [1.165, 1.54) is 15.9 Å². The van der Waals surface area contributed by atoms with E-state index in [1.54, 1.807) is 130 Å². The van der Waals surface area contributed by atoms with Gasteiger partial charge in [-0.2, -0.15) is 15.3 Å². The molecule has 0 aliphatic carbocycles. The van der Waals surface area contributed by atoms with Gasteiger partial charge in [-0.3, -0.25) is 42.5 Å². The van der Waals surface area contributed by atoms with Gasteiger partial charge in [0.05, 0.1) is 91.6 Å². The van der Waals surface area contributed by atoms with Crippen molar-refractivity contribution in [1.29, 1.82) is 0 Å². The van der Waals surface area contributed by atoms with E-state index < -0.39 is 18.1 Å². The van der Waals surface area contributed by atoms with Gasteiger partial charge in [0.25, 0.3) is 34.4 Å². The molecule has 18 rings (SSSR count). The van der Waals surface area contributed by atoms with Gasteiger partial charge >= 0.3 is 0 Å². The Kier molecular flexibility index (Phi) is 22.7. The summed E-state index contributed by atoms with van der Waals surface area (Å²) in [6.45, 7) is 15.9. The van der Waals surface area contributed by atoms with E-state index in [1.807, 2.05) is 142 Å². The highest BCUT2D eigenvalue weighted by Gasteiger charge is 2.30. The van der Waals surface area contributed by atoms with Gasteiger partial charge in [0, 0.05) is 72.3 Å². The number of ether oxygens (including phenoxy) is 1. The van der Waals surface area contributed by atoms with Crippen LogP contribution in [0.3, 0.4) is 0 Å². The number of piperidine rings is 1. The standard InChI is InChI=1S/C32H31N7O2.C30H26N6O3.C29H22N8O2S/c1-21-27(30-33-17-8-18-38(30)36-21)31(40)34-22(2)29-35-26-12-7-9-24(14-13-23-15-19-37(3)20-16-23)28(26)32(41)39(29)25-10-5-4-6-11-25;1-19-25(28-31-15-7-16-35(28)34-19)29(37)32-20(2)27-33-24-11-6-8-22(13-12-21-14-17-39-18-21)26(24)30(38)36(27)23-9-4-3-5-10-23;1-17-24(27-30-15-8-16-36(27)35-17)28(38)31-18(2)26-32-22-12-7-9-20(13-14-23-34-33-19(3)40-23)25(22)29(39)37(26)21-10-5-4-6-11-21/h4-12,17-18,22-23H,15-16,19-20H2,1-3H3,(H,34,40);3-11,15-16,20-21H,14,17-18H2,1-2H3,(H,32,37);4-12,15-16,18H,1-3H3,(H,31,38)/t22-;20-,21?;18-/m000/s1. The quantitative estimate of drug-likeness (QED) is 0.0957. The third-order valence-corrected chi connectivity index (χ3v) is 21.5. The summed E-state index contributed by atoms with van der Waals surface area (Å²) in [6.07, 6.45) is 13.0. The number of carbonyl (C=O) groups is 3. The van der Waals surface area contributed by atoms with Crippen molar-refractivity contribution in [3.8, 4) is 52.6 Å². The zero-order valence-corrected chi connectivity index (χ0v) is 67.5. The lowest BCUT2D eigenvalue weighted by atomic mass is 9.97. The molecule has 6 aromatic carbocycles. The Hall–Kier alpha value is -14.8. The Morgan fingerprint density at radius 2 is 0.808 bits per heavy atom. The lowest BCUT2D eigenvalue weighted by Gasteiger charge is -2.25. The molecule has 3 N–H and O–H groups in total. The number of carbonyl (C=O) groups excluding carboxylic acids is 3. The van der Waals surface area contributed by atoms with E-state index >= 15 is 0 Å². The second-order valence-electron chi connectivity index (χ2n) is 29.1. The second-order valence-corrected chi connectivity index (χ2v) is 30.3. The normalized spacial score (nSPS) is 14.2. The molecule has 12 heterocycles. The minimum Gasteiger partial charge on any atom is -0.380 e. The van der Waals surface area contributed by atoms with Crippen LogP contribution in [-0.2, 0) is 4.74 Å². The second kappa shape index (κ2) is 34.5. The van der Waals surface area contributed by atoms with Crippen LogP contribution in [0.1, 0.15) is 150 Å². The maximum absolute atomic E-state index is 14.2. The molecule has 2 saturated heterocycles. The van der Waals surface area contributed by atoms with Crippen LogP contribution in [0.25, 0.3) is 66.7 Å². The molecule has 4 atom stereocenters. The van der Waals surface area contributed by atoms with E-state index in [9.17, 15) is 28.8 Å². The highest BCUT2D eigenvalue weighted by molar-refractivity contribution is 7.11. The molecule has 2 fully saturated rings. The van der Waals surface area contributed by atoms with Crippen LogP contribution in [0.4, 0.5) is 0 Å². The molecule has 28 nitrogen and oxygen atoms in total. The lowest BCUT2D eigenvalue weighted by Crippen LogP contribution is -2.33. The van der Waals surface area contributed by atoms with Crippen LogP contribution in [0.2, 0.25) is 0 Å². The third-order valence-electron chi connectivity index (χ3n) is 20.7. The number of hydrogen-bond donors (Lipinski definition) is 3. The van der Waals surface area contributed by atoms with E-state index in [0.29, 0.717) is 159 Å². The molecule has 10 aromatic heterocycles. The first-order valence-corrected chi connectivity index (χ1v) is 39.9. The van der Waals surface area contributed by atoms with Crippen LogP contribution >= 0.6 is 11.3 Å². The summed E-state index contributed by atoms with van der Waals surface area (Å²) in [5, 5.41) is 33.0. The summed E-state index contributed by atoms with van der Waals surface area (Å²) < 4.78 is 14.8. The van der Waals surface area contributed by atoms with Gasteiger partial charge in [0.15, 0.2) is 21.9 Å². The number of benzene rings is 6. The molecule has 3 amide bonds.